The number of ether oxygens (including phenoxy) is 2. The first-order valence-electron chi connectivity index (χ1n) is 19.3. The van der Waals surface area contributed by atoms with E-state index in [-0.39, 0.29) is 35.6 Å². The summed E-state index contributed by atoms with van der Waals surface area (Å²) in [7, 11) is 0. The lowest BCUT2D eigenvalue weighted by molar-refractivity contribution is -0.141. The number of carbonyl (C=O) groups excluding carboxylic acids is 2. The summed E-state index contributed by atoms with van der Waals surface area (Å²) in [5.41, 5.74) is 7.02. The third-order valence-corrected chi connectivity index (χ3v) is 12.2. The highest BCUT2D eigenvalue weighted by atomic mass is 16.5. The number of benzene rings is 3. The van der Waals surface area contributed by atoms with Gasteiger partial charge in [-0.05, 0) is 97.6 Å². The van der Waals surface area contributed by atoms with Crippen LogP contribution in [-0.4, -0.2) is 11.9 Å². The first-order valence-corrected chi connectivity index (χ1v) is 19.3. The third kappa shape index (κ3) is 6.61. The van der Waals surface area contributed by atoms with Gasteiger partial charge in [-0.1, -0.05) is 114 Å². The van der Waals surface area contributed by atoms with Crippen LogP contribution in [0.15, 0.2) is 60.7 Å². The number of rotatable bonds is 12. The van der Waals surface area contributed by atoms with Crippen molar-refractivity contribution in [3.05, 3.63) is 94.0 Å². The average molecular weight is 647 g/mol. The van der Waals surface area contributed by atoms with Crippen molar-refractivity contribution in [2.45, 2.75) is 128 Å². The molecule has 0 heterocycles. The van der Waals surface area contributed by atoms with Gasteiger partial charge in [0, 0.05) is 23.0 Å². The molecular formula is C44H54O4. The fourth-order valence-corrected chi connectivity index (χ4v) is 9.52. The Morgan fingerprint density at radius 2 is 0.875 bits per heavy atom. The number of hydrogen-bond donors (Lipinski definition) is 0. The smallest absolute Gasteiger partial charge is 0.314 e. The fraction of sp³-hybridized carbons (Fsp3) is 0.545. The highest BCUT2D eigenvalue weighted by Crippen LogP contribution is 2.60. The van der Waals surface area contributed by atoms with E-state index >= 15 is 0 Å². The van der Waals surface area contributed by atoms with E-state index < -0.39 is 0 Å². The van der Waals surface area contributed by atoms with Crippen molar-refractivity contribution in [2.24, 2.45) is 23.7 Å². The molecule has 3 aromatic carbocycles. The summed E-state index contributed by atoms with van der Waals surface area (Å²) in [6.45, 7) is 4.51. The van der Waals surface area contributed by atoms with Gasteiger partial charge in [0.1, 0.15) is 11.5 Å². The molecule has 2 saturated carbocycles. The van der Waals surface area contributed by atoms with Crippen molar-refractivity contribution in [3.8, 4) is 11.5 Å². The second kappa shape index (κ2) is 15.0. The standard InChI is InChI=1S/C44H54O4/c1-3-5-7-13-29-19-23-31(24-20-29)43(45)47-37-27-28-38(48-44(46)32-25-21-30(22-26-32)14-8-6-4-2)42-40-35-17-11-9-15-33(35)39(41(37)42)34-16-10-12-18-36(34)40/h9-12,15-18,27-32,39-40H,3-8,13-14,19-26H2,1-2H3. The van der Waals surface area contributed by atoms with Gasteiger partial charge >= 0.3 is 11.9 Å². The van der Waals surface area contributed by atoms with Crippen molar-refractivity contribution in [1.29, 1.82) is 0 Å². The lowest BCUT2D eigenvalue weighted by atomic mass is 9.60. The van der Waals surface area contributed by atoms with Gasteiger partial charge in [0.15, 0.2) is 0 Å². The van der Waals surface area contributed by atoms with Gasteiger partial charge in [0.05, 0.1) is 11.8 Å². The monoisotopic (exact) mass is 646 g/mol. The summed E-state index contributed by atoms with van der Waals surface area (Å²) in [4.78, 5) is 27.6. The van der Waals surface area contributed by atoms with Crippen molar-refractivity contribution in [1.82, 2.24) is 0 Å². The molecule has 254 valence electrons. The molecule has 0 aliphatic heterocycles. The molecular weight excluding hydrogens is 592 g/mol. The molecule has 0 spiro atoms. The summed E-state index contributed by atoms with van der Waals surface area (Å²) in [6, 6.07) is 21.1. The van der Waals surface area contributed by atoms with E-state index in [1.165, 1.54) is 73.6 Å². The molecule has 4 heteroatoms. The van der Waals surface area contributed by atoms with Crippen LogP contribution in [0, 0.1) is 23.7 Å². The van der Waals surface area contributed by atoms with Crippen LogP contribution in [-0.2, 0) is 9.59 Å². The van der Waals surface area contributed by atoms with E-state index in [0.717, 1.165) is 74.3 Å². The molecule has 0 radical (unpaired) electrons. The Bertz CT molecular complexity index is 1420. The third-order valence-electron chi connectivity index (χ3n) is 12.2. The maximum Gasteiger partial charge on any atom is 0.314 e. The van der Waals surface area contributed by atoms with Gasteiger partial charge in [-0.15, -0.1) is 0 Å². The van der Waals surface area contributed by atoms with Crippen molar-refractivity contribution in [3.63, 3.8) is 0 Å². The second-order valence-electron chi connectivity index (χ2n) is 15.3. The molecule has 0 amide bonds. The average Bonchev–Trinajstić information content (AvgIpc) is 3.13. The predicted octanol–water partition coefficient (Wildman–Crippen LogP) is 11.3. The summed E-state index contributed by atoms with van der Waals surface area (Å²) in [6.07, 6.45) is 18.3. The molecule has 3 aromatic rings. The van der Waals surface area contributed by atoms with Crippen molar-refractivity contribution >= 4 is 11.9 Å². The molecule has 2 bridgehead atoms. The minimum absolute atomic E-state index is 0.0574. The summed E-state index contributed by atoms with van der Waals surface area (Å²) in [5.74, 6) is 2.26. The first kappa shape index (κ1) is 33.1. The summed E-state index contributed by atoms with van der Waals surface area (Å²) >= 11 is 0. The zero-order valence-electron chi connectivity index (χ0n) is 29.2. The van der Waals surface area contributed by atoms with Crippen LogP contribution in [0.3, 0.4) is 0 Å². The van der Waals surface area contributed by atoms with Crippen LogP contribution < -0.4 is 9.47 Å². The number of unbranched alkanes of at least 4 members (excludes halogenated alkanes) is 4. The van der Waals surface area contributed by atoms with Gasteiger partial charge in [0.2, 0.25) is 0 Å². The van der Waals surface area contributed by atoms with Crippen LogP contribution >= 0.6 is 0 Å². The molecule has 5 aliphatic carbocycles. The minimum Gasteiger partial charge on any atom is -0.426 e. The number of hydrogen-bond acceptors (Lipinski definition) is 4. The molecule has 8 rings (SSSR count). The van der Waals surface area contributed by atoms with E-state index in [1.807, 2.05) is 12.1 Å². The molecule has 0 unspecified atom stereocenters. The maximum absolute atomic E-state index is 13.8. The zero-order valence-corrected chi connectivity index (χ0v) is 29.2. The number of carbonyl (C=O) groups is 2. The number of esters is 2. The Morgan fingerprint density at radius 1 is 0.521 bits per heavy atom. The zero-order chi connectivity index (χ0) is 33.0. The largest absolute Gasteiger partial charge is 0.426 e. The van der Waals surface area contributed by atoms with Gasteiger partial charge in [0.25, 0.3) is 0 Å². The lowest BCUT2D eigenvalue weighted by Gasteiger charge is -2.43. The topological polar surface area (TPSA) is 52.6 Å². The maximum atomic E-state index is 13.8. The van der Waals surface area contributed by atoms with Crippen LogP contribution in [0.4, 0.5) is 0 Å². The Kier molecular flexibility index (Phi) is 10.4. The Labute approximate surface area is 288 Å². The van der Waals surface area contributed by atoms with Crippen LogP contribution in [0.2, 0.25) is 0 Å². The highest BCUT2D eigenvalue weighted by molar-refractivity contribution is 5.81. The van der Waals surface area contributed by atoms with Crippen LogP contribution in [0.5, 0.6) is 11.5 Å². The van der Waals surface area contributed by atoms with E-state index in [1.54, 1.807) is 0 Å². The molecule has 48 heavy (non-hydrogen) atoms. The van der Waals surface area contributed by atoms with Gasteiger partial charge in [-0.25, -0.2) is 0 Å². The van der Waals surface area contributed by atoms with Crippen molar-refractivity contribution in [2.75, 3.05) is 0 Å². The molecule has 0 N–H and O–H groups in total. The first-order chi connectivity index (χ1) is 23.6. The highest BCUT2D eigenvalue weighted by Gasteiger charge is 2.45. The molecule has 0 aromatic heterocycles. The lowest BCUT2D eigenvalue weighted by Crippen LogP contribution is -2.31. The molecule has 0 saturated heterocycles. The molecule has 2 fully saturated rings. The summed E-state index contributed by atoms with van der Waals surface area (Å²) in [5, 5.41) is 0. The molecule has 0 atom stereocenters. The fourth-order valence-electron chi connectivity index (χ4n) is 9.52. The second-order valence-corrected chi connectivity index (χ2v) is 15.3. The minimum atomic E-state index is -0.104. The van der Waals surface area contributed by atoms with Gasteiger partial charge < -0.3 is 9.47 Å². The van der Waals surface area contributed by atoms with Gasteiger partial charge in [-0.3, -0.25) is 9.59 Å². The predicted molar refractivity (Wildman–Crippen MR) is 192 cm³/mol. The molecule has 4 nitrogen and oxygen atoms in total. The summed E-state index contributed by atoms with van der Waals surface area (Å²) < 4.78 is 12.8. The Hall–Kier alpha value is -3.40. The normalized spacial score (nSPS) is 25.5. The Balaban J connectivity index is 1.16. The van der Waals surface area contributed by atoms with E-state index in [4.69, 9.17) is 9.47 Å². The quantitative estimate of drug-likeness (QED) is 0.0769. The van der Waals surface area contributed by atoms with E-state index in [2.05, 4.69) is 62.4 Å². The SMILES string of the molecule is CCCCCC1CCC(C(=O)Oc2ccc(OC(=O)C3CCC(CCCCC)CC3)c3c2C2c4ccccc4C3c3ccccc32)CC1. The van der Waals surface area contributed by atoms with Gasteiger partial charge in [-0.2, -0.15) is 0 Å². The van der Waals surface area contributed by atoms with E-state index in [9.17, 15) is 9.59 Å². The Morgan fingerprint density at radius 3 is 1.21 bits per heavy atom. The van der Waals surface area contributed by atoms with Crippen LogP contribution in [0.25, 0.3) is 0 Å². The van der Waals surface area contributed by atoms with E-state index in [0.29, 0.717) is 11.5 Å². The molecule has 5 aliphatic rings. The van der Waals surface area contributed by atoms with Crippen molar-refractivity contribution < 1.29 is 19.1 Å². The van der Waals surface area contributed by atoms with Crippen LogP contribution in [0.1, 0.15) is 162 Å².